The van der Waals surface area contributed by atoms with Gasteiger partial charge in [0.05, 0.1) is 5.52 Å². The monoisotopic (exact) mass is 389 g/mol. The van der Waals surface area contributed by atoms with E-state index < -0.39 is 0 Å². The zero-order chi connectivity index (χ0) is 20.4. The molecule has 5 heteroatoms. The molecule has 5 nitrogen and oxygen atoms in total. The first-order valence-corrected chi connectivity index (χ1v) is 10.3. The number of hydrogen-bond donors (Lipinski definition) is 1. The summed E-state index contributed by atoms with van der Waals surface area (Å²) in [5, 5.41) is 3.98. The van der Waals surface area contributed by atoms with Gasteiger partial charge in [-0.2, -0.15) is 0 Å². The van der Waals surface area contributed by atoms with Crippen molar-refractivity contribution >= 4 is 16.8 Å². The lowest BCUT2D eigenvalue weighted by Crippen LogP contribution is -2.32. The lowest BCUT2D eigenvalue weighted by molar-refractivity contribution is 0.0947. The molecule has 3 aromatic rings. The maximum atomic E-state index is 13.0. The van der Waals surface area contributed by atoms with E-state index in [0.29, 0.717) is 18.0 Å². The molecular formula is C24H27N3O2. The van der Waals surface area contributed by atoms with Crippen LogP contribution in [0, 0.1) is 12.8 Å². The van der Waals surface area contributed by atoms with Gasteiger partial charge in [0.25, 0.3) is 5.91 Å². The average Bonchev–Trinajstić information content (AvgIpc) is 3.23. The summed E-state index contributed by atoms with van der Waals surface area (Å²) in [6, 6.07) is 11.5. The minimum Gasteiger partial charge on any atom is -0.351 e. The number of aromatic nitrogens is 2. The topological polar surface area (TPSA) is 64.0 Å². The van der Waals surface area contributed by atoms with E-state index in [9.17, 15) is 9.59 Å². The highest BCUT2D eigenvalue weighted by atomic mass is 16.2. The number of para-hydroxylation sites is 1. The summed E-state index contributed by atoms with van der Waals surface area (Å²) in [7, 11) is 1.95. The standard InChI is InChI=1S/C24H27N3O2/c1-16-11-22(28)23(21(27(16)2)13-17-7-3-4-8-17)24(29)26-15-18-12-19-9-5-6-10-20(19)25-14-18/h5-6,9-12,14,17H,3-4,7-8,13,15H2,1-2H3,(H,26,29). The van der Waals surface area contributed by atoms with Gasteiger partial charge in [0.15, 0.2) is 5.43 Å². The molecule has 150 valence electrons. The molecular weight excluding hydrogens is 362 g/mol. The fourth-order valence-corrected chi connectivity index (χ4v) is 4.34. The molecule has 0 atom stereocenters. The van der Waals surface area contributed by atoms with Crippen LogP contribution in [0.2, 0.25) is 0 Å². The van der Waals surface area contributed by atoms with Crippen LogP contribution in [0.3, 0.4) is 0 Å². The van der Waals surface area contributed by atoms with Gasteiger partial charge < -0.3 is 9.88 Å². The second-order valence-electron chi connectivity index (χ2n) is 8.10. The van der Waals surface area contributed by atoms with Crippen molar-refractivity contribution in [3.8, 4) is 0 Å². The highest BCUT2D eigenvalue weighted by Gasteiger charge is 2.23. The third-order valence-corrected chi connectivity index (χ3v) is 6.09. The van der Waals surface area contributed by atoms with E-state index in [0.717, 1.165) is 34.3 Å². The number of nitrogens with zero attached hydrogens (tertiary/aromatic N) is 2. The summed E-state index contributed by atoms with van der Waals surface area (Å²) in [6.07, 6.45) is 7.38. The number of nitrogens with one attached hydrogen (secondary N) is 1. The van der Waals surface area contributed by atoms with E-state index in [-0.39, 0.29) is 11.3 Å². The van der Waals surface area contributed by atoms with Crippen LogP contribution in [0.4, 0.5) is 0 Å². The molecule has 0 bridgehead atoms. The van der Waals surface area contributed by atoms with Crippen molar-refractivity contribution in [2.45, 2.75) is 45.6 Å². The summed E-state index contributed by atoms with van der Waals surface area (Å²) in [5.74, 6) is 0.255. The molecule has 1 saturated carbocycles. The maximum Gasteiger partial charge on any atom is 0.257 e. The molecule has 0 unspecified atom stereocenters. The van der Waals surface area contributed by atoms with Crippen molar-refractivity contribution in [2.75, 3.05) is 0 Å². The summed E-state index contributed by atoms with van der Waals surface area (Å²) in [5.41, 5.74) is 3.68. The Morgan fingerprint density at radius 2 is 1.97 bits per heavy atom. The SMILES string of the molecule is Cc1cc(=O)c(C(=O)NCc2cnc3ccccc3c2)c(CC2CCCC2)n1C. The molecule has 1 N–H and O–H groups in total. The highest BCUT2D eigenvalue weighted by molar-refractivity contribution is 5.95. The molecule has 0 radical (unpaired) electrons. The highest BCUT2D eigenvalue weighted by Crippen LogP contribution is 2.28. The first-order valence-electron chi connectivity index (χ1n) is 10.3. The van der Waals surface area contributed by atoms with Crippen LogP contribution < -0.4 is 10.7 Å². The molecule has 1 aromatic carbocycles. The predicted octanol–water partition coefficient (Wildman–Crippen LogP) is 3.90. The van der Waals surface area contributed by atoms with Crippen molar-refractivity contribution in [2.24, 2.45) is 13.0 Å². The van der Waals surface area contributed by atoms with Crippen molar-refractivity contribution in [1.82, 2.24) is 14.9 Å². The number of pyridine rings is 2. The molecule has 1 aliphatic carbocycles. The molecule has 0 saturated heterocycles. The second kappa shape index (κ2) is 8.19. The summed E-state index contributed by atoms with van der Waals surface area (Å²) in [4.78, 5) is 30.2. The molecule has 2 heterocycles. The molecule has 1 amide bonds. The van der Waals surface area contributed by atoms with Crippen LogP contribution in [0.1, 0.15) is 53.0 Å². The Kier molecular flexibility index (Phi) is 5.47. The van der Waals surface area contributed by atoms with Crippen molar-refractivity contribution in [3.05, 3.63) is 75.3 Å². The molecule has 0 spiro atoms. The first kappa shape index (κ1) is 19.4. The Bertz CT molecular complexity index is 1110. The van der Waals surface area contributed by atoms with Gasteiger partial charge in [-0.25, -0.2) is 0 Å². The number of fused-ring (bicyclic) bond motifs is 1. The van der Waals surface area contributed by atoms with Crippen molar-refractivity contribution in [3.63, 3.8) is 0 Å². The Morgan fingerprint density at radius 3 is 2.76 bits per heavy atom. The summed E-state index contributed by atoms with van der Waals surface area (Å²) < 4.78 is 2.01. The summed E-state index contributed by atoms with van der Waals surface area (Å²) >= 11 is 0. The smallest absolute Gasteiger partial charge is 0.257 e. The van der Waals surface area contributed by atoms with E-state index in [1.807, 2.05) is 48.9 Å². The number of carbonyl (C=O) groups excluding carboxylic acids is 1. The van der Waals surface area contributed by atoms with E-state index in [1.54, 1.807) is 12.3 Å². The predicted molar refractivity (Wildman–Crippen MR) is 115 cm³/mol. The molecule has 0 aliphatic heterocycles. The zero-order valence-electron chi connectivity index (χ0n) is 17.1. The summed E-state index contributed by atoms with van der Waals surface area (Å²) in [6.45, 7) is 2.26. The van der Waals surface area contributed by atoms with Crippen LogP contribution in [0.15, 0.2) is 47.4 Å². The van der Waals surface area contributed by atoms with Crippen LogP contribution in [0.25, 0.3) is 10.9 Å². The number of benzene rings is 1. The van der Waals surface area contributed by atoms with Crippen LogP contribution in [-0.4, -0.2) is 15.5 Å². The van der Waals surface area contributed by atoms with Gasteiger partial charge in [-0.1, -0.05) is 43.9 Å². The maximum absolute atomic E-state index is 13.0. The van der Waals surface area contributed by atoms with Gasteiger partial charge in [0.1, 0.15) is 5.56 Å². The number of hydrogen-bond acceptors (Lipinski definition) is 3. The average molecular weight is 389 g/mol. The third-order valence-electron chi connectivity index (χ3n) is 6.09. The zero-order valence-corrected chi connectivity index (χ0v) is 17.1. The van der Waals surface area contributed by atoms with Gasteiger partial charge in [0.2, 0.25) is 0 Å². The van der Waals surface area contributed by atoms with Crippen LogP contribution in [-0.2, 0) is 20.0 Å². The lowest BCUT2D eigenvalue weighted by atomic mass is 9.97. The van der Waals surface area contributed by atoms with Crippen LogP contribution in [0.5, 0.6) is 0 Å². The van der Waals surface area contributed by atoms with Crippen molar-refractivity contribution in [1.29, 1.82) is 0 Å². The fourth-order valence-electron chi connectivity index (χ4n) is 4.34. The van der Waals surface area contributed by atoms with Gasteiger partial charge in [0, 0.05) is 42.6 Å². The van der Waals surface area contributed by atoms with E-state index in [1.165, 1.54) is 25.7 Å². The molecule has 29 heavy (non-hydrogen) atoms. The fraction of sp³-hybridized carbons (Fsp3) is 0.375. The van der Waals surface area contributed by atoms with Gasteiger partial charge in [-0.05, 0) is 37.0 Å². The van der Waals surface area contributed by atoms with E-state index in [2.05, 4.69) is 10.3 Å². The van der Waals surface area contributed by atoms with Crippen LogP contribution >= 0.6 is 0 Å². The Labute approximate surface area is 170 Å². The van der Waals surface area contributed by atoms with E-state index >= 15 is 0 Å². The number of carbonyl (C=O) groups is 1. The molecule has 4 rings (SSSR count). The third kappa shape index (κ3) is 4.09. The van der Waals surface area contributed by atoms with E-state index in [4.69, 9.17) is 0 Å². The largest absolute Gasteiger partial charge is 0.351 e. The van der Waals surface area contributed by atoms with Gasteiger partial charge in [-0.15, -0.1) is 0 Å². The number of aryl methyl sites for hydroxylation is 1. The Hall–Kier alpha value is -2.95. The first-order chi connectivity index (χ1) is 14.0. The quantitative estimate of drug-likeness (QED) is 0.720. The van der Waals surface area contributed by atoms with Crippen molar-refractivity contribution < 1.29 is 4.79 Å². The molecule has 1 aliphatic rings. The minimum atomic E-state index is -0.299. The lowest BCUT2D eigenvalue weighted by Gasteiger charge is -2.19. The molecule has 2 aromatic heterocycles. The minimum absolute atomic E-state index is 0.192. The normalized spacial score (nSPS) is 14.4. The Balaban J connectivity index is 1.58. The van der Waals surface area contributed by atoms with Gasteiger partial charge >= 0.3 is 0 Å². The van der Waals surface area contributed by atoms with Gasteiger partial charge in [-0.3, -0.25) is 14.6 Å². The number of amides is 1. The Morgan fingerprint density at radius 1 is 1.21 bits per heavy atom. The second-order valence-corrected chi connectivity index (χ2v) is 8.10. The molecule has 1 fully saturated rings. The number of rotatable bonds is 5.